The zero-order valence-corrected chi connectivity index (χ0v) is 22.5. The molecule has 222 valence electrons. The quantitative estimate of drug-likeness (QED) is 0.0587. The van der Waals surface area contributed by atoms with Crippen molar-refractivity contribution in [1.29, 1.82) is 0 Å². The second-order valence-electron chi connectivity index (χ2n) is 9.35. The first kappa shape index (κ1) is 33.6. The lowest BCUT2D eigenvalue weighted by Gasteiger charge is -2.25. The molecule has 15 nitrogen and oxygen atoms in total. The van der Waals surface area contributed by atoms with Crippen molar-refractivity contribution >= 4 is 35.6 Å². The lowest BCUT2D eigenvalue weighted by Crippen LogP contribution is -2.58. The second kappa shape index (κ2) is 16.5. The number of amides is 3. The van der Waals surface area contributed by atoms with Crippen molar-refractivity contribution in [2.24, 2.45) is 28.1 Å². The molecule has 5 unspecified atom stereocenters. The minimum atomic E-state index is -1.56. The van der Waals surface area contributed by atoms with Gasteiger partial charge in [-0.15, -0.1) is 0 Å². The topological polar surface area (TPSA) is 273 Å². The number of nitrogens with one attached hydrogen (secondary N) is 3. The molecule has 0 fully saturated rings. The number of hydrogen-bond acceptors (Lipinski definition) is 8. The lowest BCUT2D eigenvalue weighted by atomic mass is 9.98. The van der Waals surface area contributed by atoms with E-state index in [-0.39, 0.29) is 43.4 Å². The van der Waals surface area contributed by atoms with E-state index in [4.69, 9.17) is 17.2 Å². The van der Waals surface area contributed by atoms with E-state index in [1.807, 2.05) is 6.92 Å². The number of aliphatic carboxylic acids is 2. The Balaban J connectivity index is 3.16. The number of guanidine groups is 1. The number of aromatic hydroxyl groups is 1. The molecule has 0 aromatic heterocycles. The molecule has 3 amide bonds. The monoisotopic (exact) mass is 565 g/mol. The summed E-state index contributed by atoms with van der Waals surface area (Å²) in [6, 6.07) is 0.433. The SMILES string of the molecule is CCC(C)C(N)C(=O)NC(CC(=O)O)C(=O)NC(Cc1ccc(O)cc1)C(=O)NC(CCCN=C(N)N)C(=O)O. The van der Waals surface area contributed by atoms with Crippen LogP contribution in [0.25, 0.3) is 0 Å². The van der Waals surface area contributed by atoms with E-state index in [2.05, 4.69) is 20.9 Å². The van der Waals surface area contributed by atoms with Crippen LogP contribution in [0.5, 0.6) is 5.75 Å². The maximum Gasteiger partial charge on any atom is 0.326 e. The normalized spacial score (nSPS) is 14.5. The number of carbonyl (C=O) groups excluding carboxylic acids is 3. The number of aliphatic imine (C=N–C) groups is 1. The maximum atomic E-state index is 13.2. The number of phenols is 1. The molecule has 1 aromatic carbocycles. The van der Waals surface area contributed by atoms with Crippen molar-refractivity contribution < 1.29 is 39.3 Å². The van der Waals surface area contributed by atoms with Gasteiger partial charge in [-0.1, -0.05) is 32.4 Å². The van der Waals surface area contributed by atoms with Gasteiger partial charge in [0.25, 0.3) is 0 Å². The molecule has 0 saturated heterocycles. The minimum absolute atomic E-state index is 0.0249. The van der Waals surface area contributed by atoms with Gasteiger partial charge in [-0.05, 0) is 36.5 Å². The summed E-state index contributed by atoms with van der Waals surface area (Å²) in [7, 11) is 0. The zero-order chi connectivity index (χ0) is 30.4. The largest absolute Gasteiger partial charge is 0.508 e. The summed E-state index contributed by atoms with van der Waals surface area (Å²) in [5.41, 5.74) is 16.9. The van der Waals surface area contributed by atoms with Crippen LogP contribution in [0, 0.1) is 5.92 Å². The Morgan fingerprint density at radius 1 is 0.900 bits per heavy atom. The number of hydrogen-bond donors (Lipinski definition) is 9. The smallest absolute Gasteiger partial charge is 0.326 e. The van der Waals surface area contributed by atoms with Crippen molar-refractivity contribution in [3.8, 4) is 5.75 Å². The van der Waals surface area contributed by atoms with Crippen LogP contribution in [0.4, 0.5) is 0 Å². The number of phenolic OH excluding ortho intramolecular Hbond substituents is 1. The van der Waals surface area contributed by atoms with Gasteiger partial charge in [-0.3, -0.25) is 24.2 Å². The summed E-state index contributed by atoms with van der Waals surface area (Å²) >= 11 is 0. The second-order valence-corrected chi connectivity index (χ2v) is 9.35. The van der Waals surface area contributed by atoms with Crippen LogP contribution in [-0.4, -0.2) is 81.7 Å². The van der Waals surface area contributed by atoms with Gasteiger partial charge < -0.3 is 48.5 Å². The lowest BCUT2D eigenvalue weighted by molar-refractivity contribution is -0.143. The standard InChI is InChI=1S/C25H39N7O8/c1-3-13(2)20(26)23(38)32-18(12-19(34)35)22(37)31-17(11-14-6-8-15(33)9-7-14)21(36)30-16(24(39)40)5-4-10-29-25(27)28/h6-9,13,16-18,20,33H,3-5,10-12,26H2,1-2H3,(H,30,36)(H,31,37)(H,32,38)(H,34,35)(H,39,40)(H4,27,28,29). The molecule has 0 radical (unpaired) electrons. The molecule has 12 N–H and O–H groups in total. The first-order chi connectivity index (χ1) is 18.7. The first-order valence-electron chi connectivity index (χ1n) is 12.7. The Morgan fingerprint density at radius 2 is 1.45 bits per heavy atom. The third-order valence-electron chi connectivity index (χ3n) is 6.14. The molecule has 0 aliphatic heterocycles. The molecule has 0 saturated carbocycles. The summed E-state index contributed by atoms with van der Waals surface area (Å²) in [6.45, 7) is 3.67. The molecule has 0 aliphatic carbocycles. The Bertz CT molecular complexity index is 1060. The summed E-state index contributed by atoms with van der Waals surface area (Å²) in [5, 5.41) is 35.6. The molecular weight excluding hydrogens is 526 g/mol. The van der Waals surface area contributed by atoms with Gasteiger partial charge in [-0.25, -0.2) is 4.79 Å². The van der Waals surface area contributed by atoms with E-state index in [9.17, 15) is 39.3 Å². The van der Waals surface area contributed by atoms with E-state index in [1.54, 1.807) is 6.92 Å². The van der Waals surface area contributed by atoms with Gasteiger partial charge >= 0.3 is 11.9 Å². The average molecular weight is 566 g/mol. The van der Waals surface area contributed by atoms with Gasteiger partial charge in [0, 0.05) is 13.0 Å². The molecular formula is C25H39N7O8. The Hall–Kier alpha value is -4.40. The highest BCUT2D eigenvalue weighted by Crippen LogP contribution is 2.13. The Morgan fingerprint density at radius 3 is 1.98 bits per heavy atom. The van der Waals surface area contributed by atoms with Crippen LogP contribution in [0.1, 0.15) is 45.1 Å². The minimum Gasteiger partial charge on any atom is -0.508 e. The van der Waals surface area contributed by atoms with Crippen molar-refractivity contribution in [2.45, 2.75) is 70.1 Å². The number of carboxylic acids is 2. The van der Waals surface area contributed by atoms with Crippen LogP contribution < -0.4 is 33.2 Å². The molecule has 5 atom stereocenters. The number of carbonyl (C=O) groups is 5. The molecule has 1 aromatic rings. The predicted octanol–water partition coefficient (Wildman–Crippen LogP) is -1.62. The average Bonchev–Trinajstić information content (AvgIpc) is 2.88. The highest BCUT2D eigenvalue weighted by atomic mass is 16.4. The number of nitrogens with zero attached hydrogens (tertiary/aromatic N) is 1. The molecule has 0 bridgehead atoms. The van der Waals surface area contributed by atoms with Crippen LogP contribution in [0.15, 0.2) is 29.3 Å². The molecule has 0 spiro atoms. The number of rotatable bonds is 17. The third kappa shape index (κ3) is 12.0. The summed E-state index contributed by atoms with van der Waals surface area (Å²) in [5.74, 6) is -5.75. The van der Waals surface area contributed by atoms with Gasteiger partial charge in [-0.2, -0.15) is 0 Å². The van der Waals surface area contributed by atoms with E-state index in [1.165, 1.54) is 24.3 Å². The van der Waals surface area contributed by atoms with Crippen molar-refractivity contribution in [2.75, 3.05) is 6.54 Å². The van der Waals surface area contributed by atoms with Crippen LogP contribution in [-0.2, 0) is 30.4 Å². The van der Waals surface area contributed by atoms with Crippen LogP contribution in [0.2, 0.25) is 0 Å². The molecule has 1 rings (SSSR count). The van der Waals surface area contributed by atoms with Crippen molar-refractivity contribution in [1.82, 2.24) is 16.0 Å². The molecule has 40 heavy (non-hydrogen) atoms. The van der Waals surface area contributed by atoms with Gasteiger partial charge in [0.15, 0.2) is 5.96 Å². The predicted molar refractivity (Wildman–Crippen MR) is 145 cm³/mol. The van der Waals surface area contributed by atoms with Gasteiger partial charge in [0.05, 0.1) is 12.5 Å². The Kier molecular flexibility index (Phi) is 13.9. The third-order valence-corrected chi connectivity index (χ3v) is 6.14. The van der Waals surface area contributed by atoms with Gasteiger partial charge in [0.1, 0.15) is 23.9 Å². The summed E-state index contributed by atoms with van der Waals surface area (Å²) in [4.78, 5) is 65.8. The van der Waals surface area contributed by atoms with Crippen molar-refractivity contribution in [3.05, 3.63) is 29.8 Å². The van der Waals surface area contributed by atoms with E-state index in [0.717, 1.165) is 0 Å². The van der Waals surface area contributed by atoms with Crippen LogP contribution in [0.3, 0.4) is 0 Å². The fraction of sp³-hybridized carbons (Fsp3) is 0.520. The summed E-state index contributed by atoms with van der Waals surface area (Å²) in [6.07, 6.45) is -0.161. The zero-order valence-electron chi connectivity index (χ0n) is 22.5. The highest BCUT2D eigenvalue weighted by molar-refractivity contribution is 5.95. The molecule has 0 heterocycles. The Labute approximate surface area is 231 Å². The van der Waals surface area contributed by atoms with Gasteiger partial charge in [0.2, 0.25) is 17.7 Å². The van der Waals surface area contributed by atoms with E-state index >= 15 is 0 Å². The summed E-state index contributed by atoms with van der Waals surface area (Å²) < 4.78 is 0. The number of benzene rings is 1. The van der Waals surface area contributed by atoms with Crippen molar-refractivity contribution in [3.63, 3.8) is 0 Å². The highest BCUT2D eigenvalue weighted by Gasteiger charge is 2.32. The molecule has 0 aliphatic rings. The molecule has 15 heteroatoms. The fourth-order valence-electron chi connectivity index (χ4n) is 3.55. The fourth-order valence-corrected chi connectivity index (χ4v) is 3.55. The van der Waals surface area contributed by atoms with Crippen LogP contribution >= 0.6 is 0 Å². The number of carboxylic acid groups (broad SMARTS) is 2. The van der Waals surface area contributed by atoms with E-state index in [0.29, 0.717) is 12.0 Å². The maximum absolute atomic E-state index is 13.2. The first-order valence-corrected chi connectivity index (χ1v) is 12.7. The number of nitrogens with two attached hydrogens (primary N) is 3. The van der Waals surface area contributed by atoms with E-state index < -0.39 is 60.2 Å².